The normalized spacial score (nSPS) is 18.6. The van der Waals surface area contributed by atoms with Crippen molar-refractivity contribution in [2.45, 2.75) is 30.3 Å². The molecule has 4 rings (SSSR count). The minimum atomic E-state index is -3.88. The van der Waals surface area contributed by atoms with Crippen LogP contribution in [0.1, 0.15) is 27.0 Å². The number of nitrogens with one attached hydrogen (secondary N) is 2. The van der Waals surface area contributed by atoms with Crippen molar-refractivity contribution in [3.8, 4) is 5.75 Å². The zero-order chi connectivity index (χ0) is 19.2. The standard InChI is InChI=1S/C17H17BN2O6S/c21-17(22)14-3-1-2-10-7-15(18(23)26-16(10)14)20-27(24,25)13-5-4-11-8-19-9-12(11)6-13/h1-6,15,19-20,23H,7-9H2,(H,21,22)/t15-/m0/s1. The molecule has 10 heteroatoms. The summed E-state index contributed by atoms with van der Waals surface area (Å²) in [4.78, 5) is 11.4. The molecule has 0 aliphatic carbocycles. The first kappa shape index (κ1) is 18.0. The molecule has 0 bridgehead atoms. The summed E-state index contributed by atoms with van der Waals surface area (Å²) < 4.78 is 33.3. The van der Waals surface area contributed by atoms with Gasteiger partial charge in [0.15, 0.2) is 0 Å². The molecule has 0 saturated heterocycles. The molecule has 0 saturated carbocycles. The molecule has 140 valence electrons. The average Bonchev–Trinajstić information content (AvgIpc) is 3.09. The molecule has 8 nitrogen and oxygen atoms in total. The molecule has 0 spiro atoms. The van der Waals surface area contributed by atoms with Gasteiger partial charge in [-0.15, -0.1) is 0 Å². The minimum absolute atomic E-state index is 0.0663. The third-order valence-electron chi connectivity index (χ3n) is 4.78. The highest BCUT2D eigenvalue weighted by Crippen LogP contribution is 2.30. The Morgan fingerprint density at radius 3 is 2.74 bits per heavy atom. The van der Waals surface area contributed by atoms with E-state index in [4.69, 9.17) is 4.65 Å². The number of carboxylic acids is 1. The number of fused-ring (bicyclic) bond motifs is 2. The van der Waals surface area contributed by atoms with Crippen LogP contribution in [0.4, 0.5) is 0 Å². The maximum Gasteiger partial charge on any atom is 0.542 e. The van der Waals surface area contributed by atoms with Crippen molar-refractivity contribution in [3.05, 3.63) is 58.7 Å². The highest BCUT2D eigenvalue weighted by molar-refractivity contribution is 7.89. The van der Waals surface area contributed by atoms with Crippen LogP contribution in [-0.4, -0.2) is 37.6 Å². The Morgan fingerprint density at radius 2 is 1.96 bits per heavy atom. The number of hydrogen-bond acceptors (Lipinski definition) is 6. The second-order valence-electron chi connectivity index (χ2n) is 6.57. The fourth-order valence-corrected chi connectivity index (χ4v) is 4.68. The van der Waals surface area contributed by atoms with Gasteiger partial charge >= 0.3 is 13.1 Å². The molecule has 2 heterocycles. The molecular formula is C17H17BN2O6S. The number of rotatable bonds is 4. The topological polar surface area (TPSA) is 125 Å². The quantitative estimate of drug-likeness (QED) is 0.555. The summed E-state index contributed by atoms with van der Waals surface area (Å²) in [5, 5.41) is 22.6. The van der Waals surface area contributed by atoms with Crippen molar-refractivity contribution in [1.82, 2.24) is 10.0 Å². The van der Waals surface area contributed by atoms with E-state index in [-0.39, 0.29) is 22.6 Å². The van der Waals surface area contributed by atoms with Gasteiger partial charge in [-0.05, 0) is 41.3 Å². The molecule has 2 aromatic rings. The molecule has 0 amide bonds. The monoisotopic (exact) mass is 388 g/mol. The highest BCUT2D eigenvalue weighted by Gasteiger charge is 2.39. The van der Waals surface area contributed by atoms with Crippen LogP contribution in [0.15, 0.2) is 41.3 Å². The summed E-state index contributed by atoms with van der Waals surface area (Å²) in [6.07, 6.45) is 0.114. The molecular weight excluding hydrogens is 371 g/mol. The number of benzene rings is 2. The van der Waals surface area contributed by atoms with Crippen LogP contribution in [-0.2, 0) is 29.5 Å². The Balaban J connectivity index is 1.59. The molecule has 0 fully saturated rings. The van der Waals surface area contributed by atoms with Crippen molar-refractivity contribution >= 4 is 23.1 Å². The van der Waals surface area contributed by atoms with Gasteiger partial charge in [-0.2, -0.15) is 0 Å². The van der Waals surface area contributed by atoms with E-state index >= 15 is 0 Å². The van der Waals surface area contributed by atoms with Gasteiger partial charge in [-0.25, -0.2) is 17.9 Å². The van der Waals surface area contributed by atoms with E-state index in [1.165, 1.54) is 12.1 Å². The van der Waals surface area contributed by atoms with E-state index in [2.05, 4.69) is 10.0 Å². The van der Waals surface area contributed by atoms with Crippen LogP contribution in [0.3, 0.4) is 0 Å². The Labute approximate surface area is 156 Å². The van der Waals surface area contributed by atoms with Crippen LogP contribution >= 0.6 is 0 Å². The van der Waals surface area contributed by atoms with Gasteiger partial charge in [0.25, 0.3) is 0 Å². The van der Waals surface area contributed by atoms with E-state index in [1.807, 2.05) is 0 Å². The SMILES string of the molecule is O=C(O)c1cccc2c1OB(O)[C@@H](NS(=O)(=O)c1ccc3c(c1)CNC3)C2. The van der Waals surface area contributed by atoms with Crippen molar-refractivity contribution in [1.29, 1.82) is 0 Å². The first-order valence-corrected chi connectivity index (χ1v) is 9.88. The average molecular weight is 388 g/mol. The third kappa shape index (κ3) is 3.32. The van der Waals surface area contributed by atoms with Gasteiger partial charge in [0.2, 0.25) is 10.0 Å². The Kier molecular flexibility index (Phi) is 4.43. The lowest BCUT2D eigenvalue weighted by molar-refractivity contribution is 0.0694. The first-order valence-electron chi connectivity index (χ1n) is 8.40. The Bertz CT molecular complexity index is 1030. The number of carbonyl (C=O) groups is 1. The fraction of sp³-hybridized carbons (Fsp3) is 0.235. The maximum atomic E-state index is 12.7. The molecule has 0 aromatic heterocycles. The fourth-order valence-electron chi connectivity index (χ4n) is 3.40. The second-order valence-corrected chi connectivity index (χ2v) is 8.29. The number of carboxylic acid groups (broad SMARTS) is 1. The molecule has 4 N–H and O–H groups in total. The van der Waals surface area contributed by atoms with Crippen LogP contribution in [0.5, 0.6) is 5.75 Å². The van der Waals surface area contributed by atoms with Crippen LogP contribution < -0.4 is 14.7 Å². The van der Waals surface area contributed by atoms with Crippen molar-refractivity contribution < 1.29 is 28.0 Å². The largest absolute Gasteiger partial charge is 0.542 e. The first-order chi connectivity index (χ1) is 12.8. The summed E-state index contributed by atoms with van der Waals surface area (Å²) in [7, 11) is -5.37. The van der Waals surface area contributed by atoms with Crippen LogP contribution in [0.25, 0.3) is 0 Å². The molecule has 2 aliphatic rings. The van der Waals surface area contributed by atoms with Crippen molar-refractivity contribution in [2.75, 3.05) is 0 Å². The van der Waals surface area contributed by atoms with Gasteiger partial charge in [-0.3, -0.25) is 0 Å². The number of para-hydroxylation sites is 1. The van der Waals surface area contributed by atoms with Gasteiger partial charge in [0.1, 0.15) is 5.75 Å². The lowest BCUT2D eigenvalue weighted by atomic mass is 9.73. The Morgan fingerprint density at radius 1 is 1.19 bits per heavy atom. The molecule has 2 aliphatic heterocycles. The molecule has 0 radical (unpaired) electrons. The van der Waals surface area contributed by atoms with Crippen molar-refractivity contribution in [2.24, 2.45) is 0 Å². The summed E-state index contributed by atoms with van der Waals surface area (Å²) in [5.74, 6) is -2.04. The Hall–Kier alpha value is -2.40. The predicted octanol–water partition coefficient (Wildman–Crippen LogP) is 0.290. The summed E-state index contributed by atoms with van der Waals surface area (Å²) in [5.41, 5.74) is 2.44. The highest BCUT2D eigenvalue weighted by atomic mass is 32.2. The van der Waals surface area contributed by atoms with Gasteiger partial charge < -0.3 is 20.1 Å². The zero-order valence-electron chi connectivity index (χ0n) is 14.2. The number of sulfonamides is 1. The summed E-state index contributed by atoms with van der Waals surface area (Å²) >= 11 is 0. The lowest BCUT2D eigenvalue weighted by Crippen LogP contribution is -2.53. The smallest absolute Gasteiger partial charge is 0.534 e. The van der Waals surface area contributed by atoms with E-state index in [0.717, 1.165) is 11.1 Å². The maximum absolute atomic E-state index is 12.7. The summed E-state index contributed by atoms with van der Waals surface area (Å²) in [6, 6.07) is 9.49. The predicted molar refractivity (Wildman–Crippen MR) is 96.8 cm³/mol. The van der Waals surface area contributed by atoms with E-state index in [9.17, 15) is 23.3 Å². The molecule has 1 atom stereocenters. The van der Waals surface area contributed by atoms with Gasteiger partial charge in [0, 0.05) is 13.1 Å². The molecule has 2 aromatic carbocycles. The van der Waals surface area contributed by atoms with Gasteiger partial charge in [-0.1, -0.05) is 18.2 Å². The minimum Gasteiger partial charge on any atom is -0.534 e. The van der Waals surface area contributed by atoms with Crippen molar-refractivity contribution in [3.63, 3.8) is 0 Å². The van der Waals surface area contributed by atoms with Crippen LogP contribution in [0.2, 0.25) is 0 Å². The van der Waals surface area contributed by atoms with Crippen LogP contribution in [0, 0.1) is 0 Å². The number of aromatic carboxylic acids is 1. The third-order valence-corrected chi connectivity index (χ3v) is 6.26. The summed E-state index contributed by atoms with van der Waals surface area (Å²) in [6.45, 7) is 1.32. The van der Waals surface area contributed by atoms with Gasteiger partial charge in [0.05, 0.1) is 16.4 Å². The molecule has 27 heavy (non-hydrogen) atoms. The zero-order valence-corrected chi connectivity index (χ0v) is 15.0. The molecule has 0 unspecified atom stereocenters. The second kappa shape index (κ2) is 6.64. The van der Waals surface area contributed by atoms with E-state index in [0.29, 0.717) is 18.7 Å². The number of hydrogen-bond donors (Lipinski definition) is 4. The van der Waals surface area contributed by atoms with E-state index in [1.54, 1.807) is 24.3 Å². The lowest BCUT2D eigenvalue weighted by Gasteiger charge is -2.28. The van der Waals surface area contributed by atoms with E-state index < -0.39 is 29.1 Å².